The molecule has 1 aromatic carbocycles. The third kappa shape index (κ3) is 2.61. The molecule has 0 bridgehead atoms. The van der Waals surface area contributed by atoms with Crippen LogP contribution in [-0.2, 0) is 10.9 Å². The van der Waals surface area contributed by atoms with Gasteiger partial charge in [-0.3, -0.25) is 4.79 Å². The summed E-state index contributed by atoms with van der Waals surface area (Å²) in [5.74, 6) is -2.49. The van der Waals surface area contributed by atoms with E-state index in [2.05, 4.69) is 4.74 Å². The largest absolute Gasteiger partial charge is 0.465 e. The van der Waals surface area contributed by atoms with Crippen LogP contribution in [0.25, 0.3) is 0 Å². The van der Waals surface area contributed by atoms with Crippen LogP contribution in [0.5, 0.6) is 0 Å². The van der Waals surface area contributed by atoms with Crippen LogP contribution >= 0.6 is 0 Å². The fourth-order valence-electron chi connectivity index (χ4n) is 1.26. The molecule has 0 aliphatic carbocycles. The first-order valence-corrected chi connectivity index (χ1v) is 4.25. The first-order valence-electron chi connectivity index (χ1n) is 4.25. The number of hydrogen-bond donors (Lipinski definition) is 0. The summed E-state index contributed by atoms with van der Waals surface area (Å²) in [5.41, 5.74) is -3.20. The molecule has 0 spiro atoms. The van der Waals surface area contributed by atoms with Crippen molar-refractivity contribution in [1.29, 1.82) is 0 Å². The number of hydrogen-bond acceptors (Lipinski definition) is 3. The number of alkyl halides is 3. The van der Waals surface area contributed by atoms with Gasteiger partial charge in [-0.1, -0.05) is 0 Å². The molecule has 0 aliphatic rings. The SMILES string of the molecule is COC(=O)c1cc(F)cc(C(F)(F)F)c1C=O. The molecule has 7 heteroatoms. The minimum Gasteiger partial charge on any atom is -0.465 e. The van der Waals surface area contributed by atoms with Gasteiger partial charge in [0, 0.05) is 5.56 Å². The van der Waals surface area contributed by atoms with Gasteiger partial charge in [0.25, 0.3) is 0 Å². The van der Waals surface area contributed by atoms with Gasteiger partial charge in [0.15, 0.2) is 6.29 Å². The molecule has 17 heavy (non-hydrogen) atoms. The monoisotopic (exact) mass is 250 g/mol. The first kappa shape index (κ1) is 13.1. The fourth-order valence-corrected chi connectivity index (χ4v) is 1.26. The highest BCUT2D eigenvalue weighted by Crippen LogP contribution is 2.33. The highest BCUT2D eigenvalue weighted by molar-refractivity contribution is 5.99. The summed E-state index contributed by atoms with van der Waals surface area (Å²) in [6, 6.07) is 0.668. The number of esters is 1. The summed E-state index contributed by atoms with van der Waals surface area (Å²) in [4.78, 5) is 21.7. The van der Waals surface area contributed by atoms with Crippen molar-refractivity contribution in [3.05, 3.63) is 34.6 Å². The normalized spacial score (nSPS) is 11.1. The Morgan fingerprint density at radius 2 is 1.94 bits per heavy atom. The lowest BCUT2D eigenvalue weighted by Crippen LogP contribution is -2.15. The predicted molar refractivity (Wildman–Crippen MR) is 48.1 cm³/mol. The van der Waals surface area contributed by atoms with Gasteiger partial charge in [0.2, 0.25) is 0 Å². The molecule has 0 amide bonds. The van der Waals surface area contributed by atoms with Crippen molar-refractivity contribution in [2.75, 3.05) is 7.11 Å². The number of rotatable bonds is 2. The Morgan fingerprint density at radius 1 is 1.35 bits per heavy atom. The molecule has 0 saturated carbocycles. The maximum atomic E-state index is 12.9. The molecule has 0 fully saturated rings. The zero-order chi connectivity index (χ0) is 13.2. The molecule has 0 aliphatic heterocycles. The van der Waals surface area contributed by atoms with Crippen molar-refractivity contribution < 1.29 is 31.9 Å². The molecule has 92 valence electrons. The lowest BCUT2D eigenvalue weighted by atomic mass is 10.0. The number of aldehydes is 1. The van der Waals surface area contributed by atoms with Crippen LogP contribution in [0.3, 0.4) is 0 Å². The van der Waals surface area contributed by atoms with Crippen LogP contribution in [0, 0.1) is 5.82 Å². The second kappa shape index (κ2) is 4.52. The van der Waals surface area contributed by atoms with E-state index in [1.54, 1.807) is 0 Å². The molecule has 0 N–H and O–H groups in total. The molecule has 0 aromatic heterocycles. The molecular formula is C10H6F4O3. The molecule has 3 nitrogen and oxygen atoms in total. The molecule has 1 rings (SSSR count). The fraction of sp³-hybridized carbons (Fsp3) is 0.200. The zero-order valence-corrected chi connectivity index (χ0v) is 8.47. The van der Waals surface area contributed by atoms with Crippen LogP contribution in [0.2, 0.25) is 0 Å². The van der Waals surface area contributed by atoms with Crippen molar-refractivity contribution in [2.24, 2.45) is 0 Å². The summed E-state index contributed by atoms with van der Waals surface area (Å²) in [7, 11) is 0.912. The Morgan fingerprint density at radius 3 is 2.35 bits per heavy atom. The summed E-state index contributed by atoms with van der Waals surface area (Å²) < 4.78 is 54.6. The van der Waals surface area contributed by atoms with Crippen molar-refractivity contribution in [3.8, 4) is 0 Å². The quantitative estimate of drug-likeness (QED) is 0.460. The topological polar surface area (TPSA) is 43.4 Å². The van der Waals surface area contributed by atoms with Crippen LogP contribution in [-0.4, -0.2) is 19.4 Å². The standard InChI is InChI=1S/C10H6F4O3/c1-17-9(16)6-2-5(11)3-8(7(6)4-15)10(12,13)14/h2-4H,1H3. The molecule has 0 unspecified atom stereocenters. The van der Waals surface area contributed by atoms with Gasteiger partial charge < -0.3 is 4.74 Å². The van der Waals surface area contributed by atoms with Crippen molar-refractivity contribution in [1.82, 2.24) is 0 Å². The lowest BCUT2D eigenvalue weighted by molar-refractivity contribution is -0.138. The van der Waals surface area contributed by atoms with E-state index in [9.17, 15) is 27.2 Å². The van der Waals surface area contributed by atoms with E-state index in [0.29, 0.717) is 6.07 Å². The molecule has 0 atom stereocenters. The third-order valence-corrected chi connectivity index (χ3v) is 1.97. The van der Waals surface area contributed by atoms with E-state index in [1.165, 1.54) is 0 Å². The van der Waals surface area contributed by atoms with Gasteiger partial charge in [-0.15, -0.1) is 0 Å². The van der Waals surface area contributed by atoms with Gasteiger partial charge in [-0.05, 0) is 12.1 Å². The van der Waals surface area contributed by atoms with E-state index in [-0.39, 0.29) is 12.4 Å². The second-order valence-corrected chi connectivity index (χ2v) is 3.02. The van der Waals surface area contributed by atoms with Gasteiger partial charge in [-0.2, -0.15) is 13.2 Å². The Kier molecular flexibility index (Phi) is 3.50. The predicted octanol–water partition coefficient (Wildman–Crippen LogP) is 2.44. The van der Waals surface area contributed by atoms with E-state index >= 15 is 0 Å². The van der Waals surface area contributed by atoms with Crippen LogP contribution in [0.15, 0.2) is 12.1 Å². The number of methoxy groups -OCH3 is 1. The highest BCUT2D eigenvalue weighted by Gasteiger charge is 2.36. The number of ether oxygens (including phenoxy) is 1. The van der Waals surface area contributed by atoms with Gasteiger partial charge in [0.1, 0.15) is 5.82 Å². The Bertz CT molecular complexity index is 465. The summed E-state index contributed by atoms with van der Waals surface area (Å²) >= 11 is 0. The summed E-state index contributed by atoms with van der Waals surface area (Å²) in [6.07, 6.45) is -5.09. The first-order chi connectivity index (χ1) is 7.81. The van der Waals surface area contributed by atoms with Gasteiger partial charge in [-0.25, -0.2) is 9.18 Å². The molecule has 1 aromatic rings. The summed E-state index contributed by atoms with van der Waals surface area (Å²) in [5, 5.41) is 0. The molecule has 0 saturated heterocycles. The molecule has 0 heterocycles. The van der Waals surface area contributed by atoms with Crippen LogP contribution in [0.4, 0.5) is 17.6 Å². The van der Waals surface area contributed by atoms with Crippen molar-refractivity contribution in [3.63, 3.8) is 0 Å². The van der Waals surface area contributed by atoms with E-state index in [4.69, 9.17) is 0 Å². The average Bonchev–Trinajstić information content (AvgIpc) is 2.25. The molecular weight excluding hydrogens is 244 g/mol. The van der Waals surface area contributed by atoms with Gasteiger partial charge >= 0.3 is 12.1 Å². The molecule has 0 radical (unpaired) electrons. The van der Waals surface area contributed by atoms with Gasteiger partial charge in [0.05, 0.1) is 18.2 Å². The second-order valence-electron chi connectivity index (χ2n) is 3.02. The number of carbonyl (C=O) groups is 2. The van der Waals surface area contributed by atoms with Crippen molar-refractivity contribution >= 4 is 12.3 Å². The number of carbonyl (C=O) groups excluding carboxylic acids is 2. The maximum Gasteiger partial charge on any atom is 0.417 e. The number of benzene rings is 1. The minimum atomic E-state index is -4.93. The smallest absolute Gasteiger partial charge is 0.417 e. The minimum absolute atomic E-state index is 0.149. The van der Waals surface area contributed by atoms with E-state index in [0.717, 1.165) is 7.11 Å². The van der Waals surface area contributed by atoms with Crippen molar-refractivity contribution in [2.45, 2.75) is 6.18 Å². The third-order valence-electron chi connectivity index (χ3n) is 1.97. The Labute approximate surface area is 93.0 Å². The van der Waals surface area contributed by atoms with Crippen LogP contribution < -0.4 is 0 Å². The Hall–Kier alpha value is -1.92. The zero-order valence-electron chi connectivity index (χ0n) is 8.47. The average molecular weight is 250 g/mol. The lowest BCUT2D eigenvalue weighted by Gasteiger charge is -2.12. The summed E-state index contributed by atoms with van der Waals surface area (Å²) in [6.45, 7) is 0. The van der Waals surface area contributed by atoms with E-state index < -0.39 is 34.7 Å². The maximum absolute atomic E-state index is 12.9. The Balaban J connectivity index is 3.57. The highest BCUT2D eigenvalue weighted by atomic mass is 19.4. The van der Waals surface area contributed by atoms with E-state index in [1.807, 2.05) is 0 Å². The number of halogens is 4. The van der Waals surface area contributed by atoms with Crippen LogP contribution in [0.1, 0.15) is 26.3 Å².